The van der Waals surface area contributed by atoms with Crippen LogP contribution in [0.1, 0.15) is 43.6 Å². The largest absolute Gasteiger partial charge is 0.478 e. The van der Waals surface area contributed by atoms with Crippen molar-refractivity contribution in [2.45, 2.75) is 44.0 Å². The zero-order valence-electron chi connectivity index (χ0n) is 16.8. The fraction of sp³-hybridized carbons (Fsp3) is 0.409. The Morgan fingerprint density at radius 2 is 1.41 bits per heavy atom. The molecule has 3 rings (SSSR count). The number of carboxylic acid groups (broad SMARTS) is 1. The summed E-state index contributed by atoms with van der Waals surface area (Å²) >= 11 is 1.64. The molecule has 0 aromatic heterocycles. The lowest BCUT2D eigenvalue weighted by atomic mass is 10.2. The van der Waals surface area contributed by atoms with Gasteiger partial charge in [0.05, 0.1) is 18.8 Å². The molecule has 1 fully saturated rings. The van der Waals surface area contributed by atoms with E-state index in [1.54, 1.807) is 23.9 Å². The molecule has 148 valence electrons. The zero-order chi connectivity index (χ0) is 20.1. The molecule has 1 N–H and O–H groups in total. The van der Waals surface area contributed by atoms with E-state index in [1.165, 1.54) is 5.56 Å². The molecule has 0 atom stereocenters. The van der Waals surface area contributed by atoms with E-state index in [0.29, 0.717) is 5.56 Å². The van der Waals surface area contributed by atoms with Crippen LogP contribution in [-0.4, -0.2) is 42.3 Å². The summed E-state index contributed by atoms with van der Waals surface area (Å²) in [5.41, 5.74) is 1.62. The second kappa shape index (κ2) is 13.4. The summed E-state index contributed by atoms with van der Waals surface area (Å²) in [6, 6.07) is 15.5. The molecule has 0 bridgehead atoms. The lowest BCUT2D eigenvalue weighted by molar-refractivity contribution is 0.0342. The third-order valence-corrected chi connectivity index (χ3v) is 4.79. The summed E-state index contributed by atoms with van der Waals surface area (Å²) in [4.78, 5) is 15.4. The molecule has 1 aliphatic rings. The van der Waals surface area contributed by atoms with E-state index in [1.807, 2.05) is 39.8 Å². The van der Waals surface area contributed by atoms with Gasteiger partial charge in [-0.15, -0.1) is 0 Å². The Kier molecular flexibility index (Phi) is 11.5. The van der Waals surface area contributed by atoms with Gasteiger partial charge in [-0.3, -0.25) is 4.90 Å². The lowest BCUT2D eigenvalue weighted by Gasteiger charge is -2.26. The van der Waals surface area contributed by atoms with Crippen LogP contribution in [0, 0.1) is 0 Å². The molecule has 0 saturated carbocycles. The normalized spacial score (nSPS) is 13.6. The van der Waals surface area contributed by atoms with Crippen molar-refractivity contribution in [2.75, 3.05) is 26.3 Å². The fourth-order valence-corrected chi connectivity index (χ4v) is 3.30. The van der Waals surface area contributed by atoms with Crippen molar-refractivity contribution in [1.29, 1.82) is 0 Å². The summed E-state index contributed by atoms with van der Waals surface area (Å²) < 4.78 is 5.36. The van der Waals surface area contributed by atoms with E-state index < -0.39 is 5.97 Å². The van der Waals surface area contributed by atoms with Gasteiger partial charge in [-0.1, -0.05) is 51.6 Å². The number of aromatic carboxylic acids is 1. The van der Waals surface area contributed by atoms with Gasteiger partial charge in [-0.2, -0.15) is 0 Å². The summed E-state index contributed by atoms with van der Waals surface area (Å²) in [5.74, 6) is -0.894. The molecular formula is C22H31NO3S. The van der Waals surface area contributed by atoms with E-state index in [9.17, 15) is 4.79 Å². The van der Waals surface area contributed by atoms with Crippen LogP contribution in [0.5, 0.6) is 0 Å². The molecule has 0 aliphatic carbocycles. The minimum atomic E-state index is -0.894. The molecule has 1 saturated heterocycles. The first-order chi connectivity index (χ1) is 13.2. The highest BCUT2D eigenvalue weighted by Crippen LogP contribution is 2.28. The third-order valence-electron chi connectivity index (χ3n) is 3.77. The van der Waals surface area contributed by atoms with E-state index in [2.05, 4.69) is 29.2 Å². The highest BCUT2D eigenvalue weighted by Gasteiger charge is 2.10. The molecular weight excluding hydrogens is 358 g/mol. The smallest absolute Gasteiger partial charge is 0.335 e. The molecule has 1 heterocycles. The molecule has 2 aromatic carbocycles. The number of carboxylic acids is 1. The predicted octanol–water partition coefficient (Wildman–Crippen LogP) is 5.42. The monoisotopic (exact) mass is 389 g/mol. The molecule has 4 nitrogen and oxygen atoms in total. The average Bonchev–Trinajstić information content (AvgIpc) is 2.74. The minimum absolute atomic E-state index is 0.315. The number of benzene rings is 2. The number of morpholine rings is 1. The van der Waals surface area contributed by atoms with Crippen LogP contribution in [0.15, 0.2) is 58.3 Å². The Balaban J connectivity index is 0.000000855. The van der Waals surface area contributed by atoms with Gasteiger partial charge in [0.1, 0.15) is 0 Å². The van der Waals surface area contributed by atoms with Crippen LogP contribution in [0.4, 0.5) is 0 Å². The molecule has 0 amide bonds. The van der Waals surface area contributed by atoms with Gasteiger partial charge in [-0.25, -0.2) is 4.79 Å². The highest BCUT2D eigenvalue weighted by molar-refractivity contribution is 7.99. The molecule has 0 unspecified atom stereocenters. The van der Waals surface area contributed by atoms with Crippen LogP contribution in [-0.2, 0) is 11.3 Å². The topological polar surface area (TPSA) is 49.8 Å². The standard InChI is InChI=1S/C18H19NO3S.2C2H6/c20-18(21)15-3-7-17(8-4-15)23-16-5-1-14(2-6-16)13-19-9-11-22-12-10-19;2*1-2/h1-8H,9-13H2,(H,20,21);2*1-2H3. The molecule has 0 spiro atoms. The first-order valence-corrected chi connectivity index (χ1v) is 10.4. The second-order valence-electron chi connectivity index (χ2n) is 5.46. The fourth-order valence-electron chi connectivity index (χ4n) is 2.48. The first kappa shape index (κ1) is 23.2. The SMILES string of the molecule is CC.CC.O=C(O)c1ccc(Sc2ccc(CN3CCOCC3)cc2)cc1. The zero-order valence-corrected chi connectivity index (χ0v) is 17.6. The van der Waals surface area contributed by atoms with Crippen molar-refractivity contribution in [2.24, 2.45) is 0 Å². The van der Waals surface area contributed by atoms with Crippen molar-refractivity contribution in [3.05, 3.63) is 59.7 Å². The Hall–Kier alpha value is -1.82. The van der Waals surface area contributed by atoms with Crippen molar-refractivity contribution >= 4 is 17.7 Å². The highest BCUT2D eigenvalue weighted by atomic mass is 32.2. The van der Waals surface area contributed by atoms with Crippen LogP contribution in [0.2, 0.25) is 0 Å². The van der Waals surface area contributed by atoms with Crippen LogP contribution in [0.3, 0.4) is 0 Å². The van der Waals surface area contributed by atoms with Gasteiger partial charge in [0.15, 0.2) is 0 Å². The Labute approximate surface area is 167 Å². The molecule has 1 aliphatic heterocycles. The minimum Gasteiger partial charge on any atom is -0.478 e. The Morgan fingerprint density at radius 1 is 0.926 bits per heavy atom. The van der Waals surface area contributed by atoms with E-state index >= 15 is 0 Å². The van der Waals surface area contributed by atoms with Gasteiger partial charge < -0.3 is 9.84 Å². The summed E-state index contributed by atoms with van der Waals surface area (Å²) in [6.45, 7) is 12.6. The van der Waals surface area contributed by atoms with Gasteiger partial charge in [-0.05, 0) is 42.0 Å². The maximum Gasteiger partial charge on any atom is 0.335 e. The van der Waals surface area contributed by atoms with E-state index in [0.717, 1.165) is 42.6 Å². The molecule has 0 radical (unpaired) electrons. The number of rotatable bonds is 5. The van der Waals surface area contributed by atoms with Crippen molar-refractivity contribution < 1.29 is 14.6 Å². The first-order valence-electron chi connectivity index (χ1n) is 9.61. The van der Waals surface area contributed by atoms with Gasteiger partial charge >= 0.3 is 5.97 Å². The Morgan fingerprint density at radius 3 is 1.89 bits per heavy atom. The van der Waals surface area contributed by atoms with Gasteiger partial charge in [0.25, 0.3) is 0 Å². The third kappa shape index (κ3) is 8.16. The molecule has 2 aromatic rings. The van der Waals surface area contributed by atoms with Crippen molar-refractivity contribution in [3.63, 3.8) is 0 Å². The predicted molar refractivity (Wildman–Crippen MR) is 113 cm³/mol. The lowest BCUT2D eigenvalue weighted by Crippen LogP contribution is -2.35. The van der Waals surface area contributed by atoms with Crippen molar-refractivity contribution in [1.82, 2.24) is 4.90 Å². The van der Waals surface area contributed by atoms with Crippen LogP contribution < -0.4 is 0 Å². The maximum atomic E-state index is 10.9. The van der Waals surface area contributed by atoms with Crippen molar-refractivity contribution in [3.8, 4) is 0 Å². The number of nitrogens with zero attached hydrogens (tertiary/aromatic N) is 1. The maximum absolute atomic E-state index is 10.9. The summed E-state index contributed by atoms with van der Waals surface area (Å²) in [6.07, 6.45) is 0. The van der Waals surface area contributed by atoms with Gasteiger partial charge in [0, 0.05) is 29.4 Å². The second-order valence-corrected chi connectivity index (χ2v) is 6.61. The number of carbonyl (C=O) groups is 1. The van der Waals surface area contributed by atoms with Crippen LogP contribution in [0.25, 0.3) is 0 Å². The average molecular weight is 390 g/mol. The number of hydrogen-bond acceptors (Lipinski definition) is 4. The molecule has 5 heteroatoms. The summed E-state index contributed by atoms with van der Waals surface area (Å²) in [7, 11) is 0. The molecule has 27 heavy (non-hydrogen) atoms. The number of hydrogen-bond donors (Lipinski definition) is 1. The van der Waals surface area contributed by atoms with Gasteiger partial charge in [0.2, 0.25) is 0 Å². The van der Waals surface area contributed by atoms with E-state index in [4.69, 9.17) is 9.84 Å². The summed E-state index contributed by atoms with van der Waals surface area (Å²) in [5, 5.41) is 8.91. The Bertz CT molecular complexity index is 650. The van der Waals surface area contributed by atoms with Crippen LogP contribution >= 0.6 is 11.8 Å². The number of ether oxygens (including phenoxy) is 1. The van der Waals surface area contributed by atoms with E-state index in [-0.39, 0.29) is 0 Å². The quantitative estimate of drug-likeness (QED) is 0.740.